The minimum absolute atomic E-state index is 0.113. The van der Waals surface area contributed by atoms with E-state index in [0.29, 0.717) is 23.9 Å². The van der Waals surface area contributed by atoms with Crippen LogP contribution in [0.4, 0.5) is 0 Å². The lowest BCUT2D eigenvalue weighted by Crippen LogP contribution is -2.19. The fraction of sp³-hybridized carbons (Fsp3) is 0.333. The zero-order valence-corrected chi connectivity index (χ0v) is 16.2. The van der Waals surface area contributed by atoms with Gasteiger partial charge in [-0.05, 0) is 30.7 Å². The van der Waals surface area contributed by atoms with Crippen LogP contribution in [0.2, 0.25) is 0 Å². The molecule has 0 saturated heterocycles. The molecule has 2 heterocycles. The Morgan fingerprint density at radius 3 is 2.62 bits per heavy atom. The van der Waals surface area contributed by atoms with E-state index in [2.05, 4.69) is 10.1 Å². The van der Waals surface area contributed by atoms with E-state index in [0.717, 1.165) is 11.3 Å². The number of hydrogen-bond acceptors (Lipinski definition) is 7. The van der Waals surface area contributed by atoms with Gasteiger partial charge in [-0.1, -0.05) is 23.4 Å². The van der Waals surface area contributed by atoms with Gasteiger partial charge in [0.15, 0.2) is 5.76 Å². The number of benzene rings is 1. The highest BCUT2D eigenvalue weighted by Crippen LogP contribution is 2.17. The van der Waals surface area contributed by atoms with Crippen LogP contribution >= 0.6 is 0 Å². The summed E-state index contributed by atoms with van der Waals surface area (Å²) in [5.41, 5.74) is 1.69. The molecule has 2 aromatic heterocycles. The Labute approximate surface area is 168 Å². The van der Waals surface area contributed by atoms with Crippen LogP contribution in [0.15, 0.2) is 47.2 Å². The maximum absolute atomic E-state index is 9.72. The Bertz CT molecular complexity index is 911. The molecule has 0 aliphatic carbocycles. The number of hydrogen-bond donors (Lipinski definition) is 3. The molecule has 8 heteroatoms. The fourth-order valence-corrected chi connectivity index (χ4v) is 2.71. The van der Waals surface area contributed by atoms with Gasteiger partial charge in [-0.25, -0.2) is 4.98 Å². The standard InChI is InChI=1S/C21H25N3O5/c1-15(27)21-22-8-9-24(21)11-18-10-20(29-23-18)7-4-16-2-5-19(6-3-16)28-14-17(12-25)13-26/h2-10,15,17,25-27H,11-14H2,1H3/b7-4+/t15-/m0/s1. The normalized spacial score (nSPS) is 12.7. The Morgan fingerprint density at radius 1 is 1.17 bits per heavy atom. The summed E-state index contributed by atoms with van der Waals surface area (Å²) < 4.78 is 12.7. The summed E-state index contributed by atoms with van der Waals surface area (Å²) in [5, 5.41) is 31.9. The van der Waals surface area contributed by atoms with Crippen molar-refractivity contribution in [2.45, 2.75) is 19.6 Å². The second-order valence-corrected chi connectivity index (χ2v) is 6.75. The molecule has 3 N–H and O–H groups in total. The zero-order chi connectivity index (χ0) is 20.6. The van der Waals surface area contributed by atoms with Gasteiger partial charge in [0.2, 0.25) is 0 Å². The summed E-state index contributed by atoms with van der Waals surface area (Å²) >= 11 is 0. The molecule has 0 fully saturated rings. The Balaban J connectivity index is 1.57. The number of aliphatic hydroxyl groups excluding tert-OH is 3. The maximum atomic E-state index is 9.72. The van der Waals surface area contributed by atoms with Crippen molar-refractivity contribution in [1.82, 2.24) is 14.7 Å². The Kier molecular flexibility index (Phi) is 7.18. The second kappa shape index (κ2) is 10.0. The van der Waals surface area contributed by atoms with Crippen molar-refractivity contribution in [3.63, 3.8) is 0 Å². The molecule has 1 atom stereocenters. The van der Waals surface area contributed by atoms with Gasteiger partial charge >= 0.3 is 0 Å². The van der Waals surface area contributed by atoms with E-state index in [-0.39, 0.29) is 25.7 Å². The number of rotatable bonds is 10. The zero-order valence-electron chi connectivity index (χ0n) is 16.2. The van der Waals surface area contributed by atoms with Crippen molar-refractivity contribution in [2.75, 3.05) is 19.8 Å². The second-order valence-electron chi connectivity index (χ2n) is 6.75. The molecule has 0 aliphatic heterocycles. The van der Waals surface area contributed by atoms with Crippen molar-refractivity contribution in [1.29, 1.82) is 0 Å². The molecule has 0 aliphatic rings. The first-order valence-electron chi connectivity index (χ1n) is 9.36. The maximum Gasteiger partial charge on any atom is 0.160 e. The van der Waals surface area contributed by atoms with Gasteiger partial charge in [-0.15, -0.1) is 0 Å². The lowest BCUT2D eigenvalue weighted by atomic mass is 10.2. The number of nitrogens with zero attached hydrogens (tertiary/aromatic N) is 3. The summed E-state index contributed by atoms with van der Waals surface area (Å²) in [6.07, 6.45) is 6.50. The van der Waals surface area contributed by atoms with Gasteiger partial charge in [0.25, 0.3) is 0 Å². The van der Waals surface area contributed by atoms with Crippen LogP contribution in [0.5, 0.6) is 5.75 Å². The molecule has 0 spiro atoms. The molecular formula is C21H25N3O5. The average Bonchev–Trinajstić information content (AvgIpc) is 3.38. The van der Waals surface area contributed by atoms with Crippen LogP contribution in [0.25, 0.3) is 12.2 Å². The molecule has 29 heavy (non-hydrogen) atoms. The third-order valence-electron chi connectivity index (χ3n) is 4.35. The van der Waals surface area contributed by atoms with Crippen LogP contribution in [0, 0.1) is 5.92 Å². The molecule has 0 unspecified atom stereocenters. The quantitative estimate of drug-likeness (QED) is 0.478. The topological polar surface area (TPSA) is 114 Å². The third-order valence-corrected chi connectivity index (χ3v) is 4.35. The van der Waals surface area contributed by atoms with E-state index < -0.39 is 6.10 Å². The number of imidazole rings is 1. The van der Waals surface area contributed by atoms with Gasteiger partial charge in [0, 0.05) is 24.4 Å². The van der Waals surface area contributed by atoms with Gasteiger partial charge in [-0.3, -0.25) is 0 Å². The molecule has 0 radical (unpaired) electrons. The Hall–Kier alpha value is -2.94. The van der Waals surface area contributed by atoms with Crippen molar-refractivity contribution < 1.29 is 24.6 Å². The molecule has 0 amide bonds. The van der Waals surface area contributed by atoms with Gasteiger partial charge in [0.05, 0.1) is 26.4 Å². The van der Waals surface area contributed by atoms with E-state index in [1.807, 2.05) is 47.1 Å². The minimum Gasteiger partial charge on any atom is -0.493 e. The SMILES string of the molecule is C[C@H](O)c1nccn1Cc1cc(/C=C/c2ccc(OCC(CO)CO)cc2)on1. The van der Waals surface area contributed by atoms with E-state index in [1.165, 1.54) is 0 Å². The molecule has 3 rings (SSSR count). The predicted molar refractivity (Wildman–Crippen MR) is 107 cm³/mol. The van der Waals surface area contributed by atoms with Gasteiger partial charge in [0.1, 0.15) is 23.4 Å². The van der Waals surface area contributed by atoms with Crippen LogP contribution in [0.1, 0.15) is 35.9 Å². The summed E-state index contributed by atoms with van der Waals surface area (Å²) in [6.45, 7) is 2.17. The summed E-state index contributed by atoms with van der Waals surface area (Å²) in [7, 11) is 0. The summed E-state index contributed by atoms with van der Waals surface area (Å²) in [5.74, 6) is 1.59. The molecule has 0 saturated carbocycles. The first-order valence-corrected chi connectivity index (χ1v) is 9.36. The van der Waals surface area contributed by atoms with Crippen LogP contribution in [0.3, 0.4) is 0 Å². The first-order chi connectivity index (χ1) is 14.1. The monoisotopic (exact) mass is 399 g/mol. The Morgan fingerprint density at radius 2 is 1.93 bits per heavy atom. The molecule has 154 valence electrons. The molecule has 3 aromatic rings. The highest BCUT2D eigenvalue weighted by atomic mass is 16.5. The molecule has 8 nitrogen and oxygen atoms in total. The smallest absolute Gasteiger partial charge is 0.160 e. The highest BCUT2D eigenvalue weighted by molar-refractivity contribution is 5.67. The average molecular weight is 399 g/mol. The lowest BCUT2D eigenvalue weighted by molar-refractivity contribution is 0.106. The number of aliphatic hydroxyl groups is 3. The number of aromatic nitrogens is 3. The van der Waals surface area contributed by atoms with E-state index >= 15 is 0 Å². The van der Waals surface area contributed by atoms with Gasteiger partial charge in [-0.2, -0.15) is 0 Å². The van der Waals surface area contributed by atoms with Crippen LogP contribution in [-0.4, -0.2) is 49.8 Å². The first kappa shape index (κ1) is 20.8. The summed E-state index contributed by atoms with van der Waals surface area (Å²) in [6, 6.07) is 9.29. The predicted octanol–water partition coefficient (Wildman–Crippen LogP) is 2.12. The minimum atomic E-state index is -0.651. The fourth-order valence-electron chi connectivity index (χ4n) is 2.71. The van der Waals surface area contributed by atoms with Crippen molar-refractivity contribution in [3.05, 3.63) is 65.6 Å². The largest absolute Gasteiger partial charge is 0.493 e. The lowest BCUT2D eigenvalue weighted by Gasteiger charge is -2.12. The number of ether oxygens (including phenoxy) is 1. The van der Waals surface area contributed by atoms with Gasteiger partial charge < -0.3 is 29.1 Å². The molecule has 0 bridgehead atoms. The van der Waals surface area contributed by atoms with Crippen LogP contribution in [-0.2, 0) is 6.54 Å². The highest BCUT2D eigenvalue weighted by Gasteiger charge is 2.11. The van der Waals surface area contributed by atoms with Crippen molar-refractivity contribution >= 4 is 12.2 Å². The van der Waals surface area contributed by atoms with Crippen molar-refractivity contribution in [3.8, 4) is 5.75 Å². The van der Waals surface area contributed by atoms with E-state index in [4.69, 9.17) is 19.5 Å². The molecule has 1 aromatic carbocycles. The van der Waals surface area contributed by atoms with Crippen LogP contribution < -0.4 is 4.74 Å². The molecular weight excluding hydrogens is 374 g/mol. The van der Waals surface area contributed by atoms with Crippen molar-refractivity contribution in [2.24, 2.45) is 5.92 Å². The van der Waals surface area contributed by atoms with E-state index in [9.17, 15) is 5.11 Å². The van der Waals surface area contributed by atoms with E-state index in [1.54, 1.807) is 19.3 Å². The summed E-state index contributed by atoms with van der Waals surface area (Å²) in [4.78, 5) is 4.14. The third kappa shape index (κ3) is 5.77.